The molecule has 0 aliphatic rings. The van der Waals surface area contributed by atoms with Gasteiger partial charge in [0.25, 0.3) is 0 Å². The van der Waals surface area contributed by atoms with Crippen LogP contribution in [-0.2, 0) is 24.2 Å². The molecule has 0 heterocycles. The molecular formula is C3H7OZn. The molecule has 0 aliphatic heterocycles. The van der Waals surface area contributed by atoms with Crippen LogP contribution in [0.25, 0.3) is 0 Å². The third kappa shape index (κ3) is 12.2. The van der Waals surface area contributed by atoms with Gasteiger partial charge in [0.1, 0.15) is 0 Å². The van der Waals surface area contributed by atoms with Gasteiger partial charge in [-0.05, 0) is 6.92 Å². The van der Waals surface area contributed by atoms with Crippen molar-refractivity contribution in [2.24, 2.45) is 0 Å². The van der Waals surface area contributed by atoms with E-state index in [-0.39, 0.29) is 19.5 Å². The van der Waals surface area contributed by atoms with Gasteiger partial charge in [-0.2, -0.15) is 0 Å². The Kier molecular flexibility index (Phi) is 16.1. The monoisotopic (exact) mass is 123 g/mol. The van der Waals surface area contributed by atoms with Crippen LogP contribution in [0.3, 0.4) is 0 Å². The van der Waals surface area contributed by atoms with E-state index in [4.69, 9.17) is 0 Å². The van der Waals surface area contributed by atoms with Crippen molar-refractivity contribution in [1.29, 1.82) is 0 Å². The van der Waals surface area contributed by atoms with E-state index < -0.39 is 0 Å². The van der Waals surface area contributed by atoms with Gasteiger partial charge in [-0.1, -0.05) is 0 Å². The summed E-state index contributed by atoms with van der Waals surface area (Å²) >= 11 is 0. The molecule has 0 amide bonds. The quantitative estimate of drug-likeness (QED) is 0.462. The Hall–Kier alpha value is 0.583. The molecule has 0 fully saturated rings. The predicted molar refractivity (Wildman–Crippen MR) is 17.2 cm³/mol. The molecule has 5 heavy (non-hydrogen) atoms. The third-order valence-corrected chi connectivity index (χ3v) is 0.204. The molecule has 0 bridgehead atoms. The van der Waals surface area contributed by atoms with Crippen molar-refractivity contribution in [2.75, 3.05) is 13.7 Å². The molecular weight excluding hydrogens is 117 g/mol. The molecule has 0 saturated carbocycles. The normalized spacial score (nSPS) is 6.00. The molecule has 0 saturated heterocycles. The number of methoxy groups -OCH3 is 1. The molecule has 0 rings (SSSR count). The molecule has 1 radical (unpaired) electrons. The van der Waals surface area contributed by atoms with E-state index in [1.807, 2.05) is 0 Å². The summed E-state index contributed by atoms with van der Waals surface area (Å²) in [7, 11) is 1.62. The van der Waals surface area contributed by atoms with Gasteiger partial charge in [-0.15, -0.1) is 0 Å². The summed E-state index contributed by atoms with van der Waals surface area (Å²) in [6.07, 6.45) is 0. The largest absolute Gasteiger partial charge is 0.385 e. The summed E-state index contributed by atoms with van der Waals surface area (Å²) in [4.78, 5) is 0. The van der Waals surface area contributed by atoms with Crippen molar-refractivity contribution in [3.8, 4) is 0 Å². The van der Waals surface area contributed by atoms with Crippen molar-refractivity contribution < 1.29 is 24.2 Å². The second-order valence-corrected chi connectivity index (χ2v) is 0.493. The van der Waals surface area contributed by atoms with Crippen LogP contribution in [0.2, 0.25) is 0 Å². The van der Waals surface area contributed by atoms with E-state index in [1.165, 1.54) is 0 Å². The number of ether oxygens (including phenoxy) is 1. The van der Waals surface area contributed by atoms with Crippen molar-refractivity contribution in [3.05, 3.63) is 6.92 Å². The predicted octanol–water partition coefficient (Wildman–Crippen LogP) is 0.464. The average Bonchev–Trinajstić information content (AvgIpc) is 1.37. The molecule has 1 nitrogen and oxygen atoms in total. The molecule has 0 unspecified atom stereocenters. The van der Waals surface area contributed by atoms with Gasteiger partial charge in [-0.3, -0.25) is 0 Å². The van der Waals surface area contributed by atoms with Crippen LogP contribution < -0.4 is 0 Å². The molecule has 0 atom stereocenters. The topological polar surface area (TPSA) is 9.23 Å². The summed E-state index contributed by atoms with van der Waals surface area (Å²) in [5.74, 6) is 0. The van der Waals surface area contributed by atoms with Crippen LogP contribution in [0.4, 0.5) is 0 Å². The van der Waals surface area contributed by atoms with Gasteiger partial charge in [0.2, 0.25) is 0 Å². The van der Waals surface area contributed by atoms with Gasteiger partial charge in [0.05, 0.1) is 0 Å². The van der Waals surface area contributed by atoms with Crippen LogP contribution in [0, 0.1) is 6.92 Å². The summed E-state index contributed by atoms with van der Waals surface area (Å²) in [6, 6.07) is 0. The fraction of sp³-hybridized carbons (Fsp3) is 0.667. The molecule has 0 spiro atoms. The molecule has 0 aromatic heterocycles. The first-order valence-electron chi connectivity index (χ1n) is 1.20. The first-order valence-corrected chi connectivity index (χ1v) is 1.20. The maximum absolute atomic E-state index is 4.43. The van der Waals surface area contributed by atoms with Gasteiger partial charge in [-0.25, -0.2) is 0 Å². The smallest absolute Gasteiger partial charge is 0.0463 e. The van der Waals surface area contributed by atoms with Gasteiger partial charge >= 0.3 is 0 Å². The third-order valence-electron chi connectivity index (χ3n) is 0.204. The first-order chi connectivity index (χ1) is 1.91. The Morgan fingerprint density at radius 1 is 1.80 bits per heavy atom. The summed E-state index contributed by atoms with van der Waals surface area (Å²) in [5.41, 5.74) is 0. The maximum atomic E-state index is 4.43. The number of hydrogen-bond acceptors (Lipinski definition) is 1. The second-order valence-electron chi connectivity index (χ2n) is 0.493. The zero-order valence-electron chi connectivity index (χ0n) is 3.53. The van der Waals surface area contributed by atoms with Crippen LogP contribution >= 0.6 is 0 Å². The van der Waals surface area contributed by atoms with E-state index in [2.05, 4.69) is 11.7 Å². The van der Waals surface area contributed by atoms with E-state index in [0.717, 1.165) is 0 Å². The Labute approximate surface area is 45.5 Å². The Balaban J connectivity index is 0. The van der Waals surface area contributed by atoms with Crippen LogP contribution in [0.15, 0.2) is 0 Å². The molecule has 0 aliphatic carbocycles. The van der Waals surface area contributed by atoms with Crippen molar-refractivity contribution in [3.63, 3.8) is 0 Å². The molecule has 0 aromatic carbocycles. The fourth-order valence-electron chi connectivity index (χ4n) is 0. The number of hydrogen-bond donors (Lipinski definition) is 0. The van der Waals surface area contributed by atoms with E-state index >= 15 is 0 Å². The van der Waals surface area contributed by atoms with E-state index in [0.29, 0.717) is 6.61 Å². The summed E-state index contributed by atoms with van der Waals surface area (Å²) in [6.45, 7) is 3.95. The zero-order valence-corrected chi connectivity index (χ0v) is 6.50. The van der Waals surface area contributed by atoms with Crippen molar-refractivity contribution >= 4 is 0 Å². The second kappa shape index (κ2) is 8.82. The molecule has 0 aromatic rings. The summed E-state index contributed by atoms with van der Waals surface area (Å²) in [5, 5.41) is 0. The minimum absolute atomic E-state index is 0. The Morgan fingerprint density at radius 2 is 2.00 bits per heavy atom. The Morgan fingerprint density at radius 3 is 2.00 bits per heavy atom. The maximum Gasteiger partial charge on any atom is 0.0463 e. The van der Waals surface area contributed by atoms with Gasteiger partial charge < -0.3 is 4.74 Å². The molecule has 27 valence electrons. The minimum Gasteiger partial charge on any atom is -0.385 e. The SMILES string of the molecule is [CH2]COC.[Zn]. The summed E-state index contributed by atoms with van der Waals surface area (Å²) < 4.78 is 4.43. The van der Waals surface area contributed by atoms with Gasteiger partial charge in [0.15, 0.2) is 0 Å². The fourth-order valence-corrected chi connectivity index (χ4v) is 0. The van der Waals surface area contributed by atoms with E-state index in [1.54, 1.807) is 7.11 Å². The molecule has 2 heteroatoms. The van der Waals surface area contributed by atoms with Crippen molar-refractivity contribution in [1.82, 2.24) is 0 Å². The standard InChI is InChI=1S/C3H7O.Zn/c1-3-4-2;/h1,3H2,2H3;. The van der Waals surface area contributed by atoms with Crippen LogP contribution in [-0.4, -0.2) is 13.7 Å². The first kappa shape index (κ1) is 9.13. The molecule has 0 N–H and O–H groups in total. The van der Waals surface area contributed by atoms with Crippen molar-refractivity contribution in [2.45, 2.75) is 0 Å². The van der Waals surface area contributed by atoms with Crippen LogP contribution in [0.1, 0.15) is 0 Å². The average molecular weight is 124 g/mol. The van der Waals surface area contributed by atoms with E-state index in [9.17, 15) is 0 Å². The minimum atomic E-state index is 0. The van der Waals surface area contributed by atoms with Crippen LogP contribution in [0.5, 0.6) is 0 Å². The number of rotatable bonds is 1. The Bertz CT molecular complexity index is 8.85. The van der Waals surface area contributed by atoms with Gasteiger partial charge in [0, 0.05) is 33.2 Å². The zero-order chi connectivity index (χ0) is 3.41.